The summed E-state index contributed by atoms with van der Waals surface area (Å²) in [5, 5.41) is 13.0. The van der Waals surface area contributed by atoms with Gasteiger partial charge in [0, 0.05) is 11.6 Å². The van der Waals surface area contributed by atoms with Crippen molar-refractivity contribution in [2.75, 3.05) is 20.1 Å². The van der Waals surface area contributed by atoms with E-state index in [1.807, 2.05) is 6.92 Å². The normalized spacial score (nSPS) is 25.7. The number of nitrogens with zero attached hydrogens (tertiary/aromatic N) is 1. The molecule has 96 valence electrons. The predicted octanol–water partition coefficient (Wildman–Crippen LogP) is 1.61. The molecule has 1 rings (SSSR count). The van der Waals surface area contributed by atoms with Crippen molar-refractivity contribution in [1.82, 2.24) is 10.2 Å². The summed E-state index contributed by atoms with van der Waals surface area (Å²) in [6.07, 6.45) is 4.92. The second-order valence-corrected chi connectivity index (χ2v) is 5.74. The lowest BCUT2D eigenvalue weighted by atomic mass is 9.96. The van der Waals surface area contributed by atoms with Crippen LogP contribution in [0, 0.1) is 0 Å². The van der Waals surface area contributed by atoms with E-state index in [1.54, 1.807) is 0 Å². The van der Waals surface area contributed by atoms with Crippen LogP contribution in [0.25, 0.3) is 0 Å². The maximum atomic E-state index is 9.60. The summed E-state index contributed by atoms with van der Waals surface area (Å²) in [7, 11) is 2.23. The van der Waals surface area contributed by atoms with Crippen LogP contribution in [0.1, 0.15) is 46.5 Å². The fourth-order valence-corrected chi connectivity index (χ4v) is 2.22. The largest absolute Gasteiger partial charge is 0.392 e. The van der Waals surface area contributed by atoms with E-state index in [1.165, 1.54) is 32.2 Å². The molecule has 2 atom stereocenters. The van der Waals surface area contributed by atoms with Gasteiger partial charge in [0.15, 0.2) is 0 Å². The standard InChI is InChI=1S/C13H28N2O/c1-11(16)13(2,3)14-9-8-12-7-5-6-10-15(12)4/h11-12,14,16H,5-10H2,1-4H3. The zero-order valence-electron chi connectivity index (χ0n) is 11.3. The molecule has 2 unspecified atom stereocenters. The molecule has 3 heteroatoms. The van der Waals surface area contributed by atoms with Crippen molar-refractivity contribution in [3.8, 4) is 0 Å². The van der Waals surface area contributed by atoms with E-state index >= 15 is 0 Å². The first-order valence-electron chi connectivity index (χ1n) is 6.57. The number of hydrogen-bond acceptors (Lipinski definition) is 3. The van der Waals surface area contributed by atoms with Crippen LogP contribution in [0.5, 0.6) is 0 Å². The summed E-state index contributed by atoms with van der Waals surface area (Å²) in [5.74, 6) is 0. The number of hydrogen-bond donors (Lipinski definition) is 2. The molecule has 0 spiro atoms. The monoisotopic (exact) mass is 228 g/mol. The second kappa shape index (κ2) is 5.99. The minimum absolute atomic E-state index is 0.173. The van der Waals surface area contributed by atoms with Gasteiger partial charge in [-0.05, 0) is 60.2 Å². The van der Waals surface area contributed by atoms with Crippen LogP contribution in [0.15, 0.2) is 0 Å². The summed E-state index contributed by atoms with van der Waals surface area (Å²) in [6, 6.07) is 0.728. The Kier molecular flexibility index (Phi) is 5.22. The summed E-state index contributed by atoms with van der Waals surface area (Å²) in [5.41, 5.74) is -0.173. The van der Waals surface area contributed by atoms with E-state index in [4.69, 9.17) is 0 Å². The van der Waals surface area contributed by atoms with Crippen LogP contribution >= 0.6 is 0 Å². The average molecular weight is 228 g/mol. The number of piperidine rings is 1. The zero-order chi connectivity index (χ0) is 12.2. The van der Waals surface area contributed by atoms with E-state index < -0.39 is 0 Å². The lowest BCUT2D eigenvalue weighted by molar-refractivity contribution is 0.0926. The van der Waals surface area contributed by atoms with E-state index in [-0.39, 0.29) is 11.6 Å². The van der Waals surface area contributed by atoms with E-state index in [9.17, 15) is 5.11 Å². The first-order valence-corrected chi connectivity index (χ1v) is 6.57. The topological polar surface area (TPSA) is 35.5 Å². The van der Waals surface area contributed by atoms with Gasteiger partial charge in [-0.3, -0.25) is 0 Å². The van der Waals surface area contributed by atoms with Crippen LogP contribution in [0.2, 0.25) is 0 Å². The van der Waals surface area contributed by atoms with Gasteiger partial charge in [0.05, 0.1) is 6.10 Å². The Balaban J connectivity index is 2.24. The molecule has 1 aliphatic heterocycles. The SMILES string of the molecule is CC(O)C(C)(C)NCCC1CCCCN1C. The molecule has 0 radical (unpaired) electrons. The third kappa shape index (κ3) is 4.04. The molecule has 2 N–H and O–H groups in total. The van der Waals surface area contributed by atoms with Crippen molar-refractivity contribution in [1.29, 1.82) is 0 Å². The molecule has 1 saturated heterocycles. The van der Waals surface area contributed by atoms with Crippen molar-refractivity contribution in [3.05, 3.63) is 0 Å². The van der Waals surface area contributed by atoms with Gasteiger partial charge in [-0.1, -0.05) is 6.42 Å². The Labute approximate surface area is 100 Å². The zero-order valence-corrected chi connectivity index (χ0v) is 11.3. The lowest BCUT2D eigenvalue weighted by Gasteiger charge is -2.35. The molecule has 0 amide bonds. The lowest BCUT2D eigenvalue weighted by Crippen LogP contribution is -2.49. The molecular weight excluding hydrogens is 200 g/mol. The van der Waals surface area contributed by atoms with Gasteiger partial charge < -0.3 is 15.3 Å². The van der Waals surface area contributed by atoms with Crippen LogP contribution in [-0.2, 0) is 0 Å². The Hall–Kier alpha value is -0.120. The summed E-state index contributed by atoms with van der Waals surface area (Å²) < 4.78 is 0. The van der Waals surface area contributed by atoms with Crippen molar-refractivity contribution in [2.24, 2.45) is 0 Å². The number of aliphatic hydroxyl groups excluding tert-OH is 1. The quantitative estimate of drug-likeness (QED) is 0.750. The van der Waals surface area contributed by atoms with Gasteiger partial charge in [0.25, 0.3) is 0 Å². The summed E-state index contributed by atoms with van der Waals surface area (Å²) in [4.78, 5) is 2.47. The highest BCUT2D eigenvalue weighted by molar-refractivity contribution is 4.84. The highest BCUT2D eigenvalue weighted by Gasteiger charge is 2.24. The number of nitrogens with one attached hydrogen (secondary N) is 1. The van der Waals surface area contributed by atoms with E-state index in [0.29, 0.717) is 0 Å². The Morgan fingerprint density at radius 1 is 1.44 bits per heavy atom. The molecule has 0 aromatic heterocycles. The van der Waals surface area contributed by atoms with Gasteiger partial charge in [-0.15, -0.1) is 0 Å². The molecular formula is C13H28N2O. The minimum Gasteiger partial charge on any atom is -0.392 e. The maximum absolute atomic E-state index is 9.60. The highest BCUT2D eigenvalue weighted by atomic mass is 16.3. The molecule has 0 aliphatic carbocycles. The summed E-state index contributed by atoms with van der Waals surface area (Å²) >= 11 is 0. The highest BCUT2D eigenvalue weighted by Crippen LogP contribution is 2.17. The summed E-state index contributed by atoms with van der Waals surface area (Å²) in [6.45, 7) is 8.20. The van der Waals surface area contributed by atoms with Gasteiger partial charge in [-0.25, -0.2) is 0 Å². The Bertz CT molecular complexity index is 204. The van der Waals surface area contributed by atoms with E-state index in [0.717, 1.165) is 12.6 Å². The Morgan fingerprint density at radius 3 is 2.69 bits per heavy atom. The molecule has 1 heterocycles. The van der Waals surface area contributed by atoms with Crippen molar-refractivity contribution in [3.63, 3.8) is 0 Å². The van der Waals surface area contributed by atoms with Gasteiger partial charge in [0.2, 0.25) is 0 Å². The molecule has 3 nitrogen and oxygen atoms in total. The van der Waals surface area contributed by atoms with Crippen LogP contribution in [0.4, 0.5) is 0 Å². The molecule has 16 heavy (non-hydrogen) atoms. The molecule has 1 aliphatic rings. The Morgan fingerprint density at radius 2 is 2.12 bits per heavy atom. The van der Waals surface area contributed by atoms with Crippen molar-refractivity contribution in [2.45, 2.75) is 64.1 Å². The molecule has 1 fully saturated rings. The molecule has 0 bridgehead atoms. The number of likely N-dealkylation sites (tertiary alicyclic amines) is 1. The smallest absolute Gasteiger partial charge is 0.0688 e. The van der Waals surface area contributed by atoms with Crippen LogP contribution in [0.3, 0.4) is 0 Å². The first-order chi connectivity index (χ1) is 7.43. The third-order valence-electron chi connectivity index (χ3n) is 4.02. The van der Waals surface area contributed by atoms with Gasteiger partial charge in [0.1, 0.15) is 0 Å². The maximum Gasteiger partial charge on any atom is 0.0688 e. The average Bonchev–Trinajstić information content (AvgIpc) is 2.20. The van der Waals surface area contributed by atoms with Crippen LogP contribution < -0.4 is 5.32 Å². The third-order valence-corrected chi connectivity index (χ3v) is 4.02. The fraction of sp³-hybridized carbons (Fsp3) is 1.00. The van der Waals surface area contributed by atoms with Crippen molar-refractivity contribution < 1.29 is 5.11 Å². The molecule has 0 saturated carbocycles. The van der Waals surface area contributed by atoms with Crippen LogP contribution in [-0.4, -0.2) is 47.8 Å². The molecule has 0 aromatic rings. The molecule has 0 aromatic carbocycles. The minimum atomic E-state index is -0.309. The first kappa shape index (κ1) is 13.9. The number of rotatable bonds is 5. The van der Waals surface area contributed by atoms with Gasteiger partial charge >= 0.3 is 0 Å². The van der Waals surface area contributed by atoms with Gasteiger partial charge in [-0.2, -0.15) is 0 Å². The fourth-order valence-electron chi connectivity index (χ4n) is 2.22. The van der Waals surface area contributed by atoms with Crippen molar-refractivity contribution >= 4 is 0 Å². The van der Waals surface area contributed by atoms with E-state index in [2.05, 4.69) is 31.1 Å². The number of aliphatic hydroxyl groups is 1. The second-order valence-electron chi connectivity index (χ2n) is 5.74. The predicted molar refractivity (Wildman–Crippen MR) is 68.6 cm³/mol.